The molecule has 5 heteroatoms. The van der Waals surface area contributed by atoms with Crippen molar-refractivity contribution in [3.05, 3.63) is 100 Å². The molecule has 1 heterocycles. The molecule has 0 saturated heterocycles. The normalized spacial score (nSPS) is 14.4. The number of methoxy groups -OCH3 is 1. The number of esters is 1. The van der Waals surface area contributed by atoms with Crippen LogP contribution in [0.5, 0.6) is 11.5 Å². The quantitative estimate of drug-likeness (QED) is 0.410. The fraction of sp³-hybridized carbons (Fsp3) is 0.154. The summed E-state index contributed by atoms with van der Waals surface area (Å²) in [5.41, 5.74) is 5.10. The van der Waals surface area contributed by atoms with Crippen LogP contribution >= 0.6 is 0 Å². The lowest BCUT2D eigenvalue weighted by atomic mass is 10.1. The molecule has 4 rings (SSSR count). The molecule has 0 atom stereocenters. The van der Waals surface area contributed by atoms with Crippen LogP contribution in [0.25, 0.3) is 6.08 Å². The average Bonchev–Trinajstić information content (AvgIpc) is 3.13. The van der Waals surface area contributed by atoms with Crippen molar-refractivity contribution in [2.75, 3.05) is 7.11 Å². The Kier molecular flexibility index (Phi) is 5.85. The van der Waals surface area contributed by atoms with Crippen LogP contribution in [0.2, 0.25) is 0 Å². The summed E-state index contributed by atoms with van der Waals surface area (Å²) in [7, 11) is 1.60. The first kappa shape index (κ1) is 20.4. The molecule has 0 aliphatic carbocycles. The van der Waals surface area contributed by atoms with Crippen LogP contribution in [-0.2, 0) is 16.1 Å². The summed E-state index contributed by atoms with van der Waals surface area (Å²) in [5, 5.41) is 0. The van der Waals surface area contributed by atoms with Crippen LogP contribution < -0.4 is 9.47 Å². The highest BCUT2D eigenvalue weighted by molar-refractivity contribution is 6.12. The van der Waals surface area contributed by atoms with Gasteiger partial charge in [0.25, 0.3) is 0 Å². The summed E-state index contributed by atoms with van der Waals surface area (Å²) in [4.78, 5) is 16.7. The fourth-order valence-corrected chi connectivity index (χ4v) is 3.29. The van der Waals surface area contributed by atoms with Crippen molar-refractivity contribution in [3.63, 3.8) is 0 Å². The van der Waals surface area contributed by atoms with E-state index in [0.29, 0.717) is 24.0 Å². The summed E-state index contributed by atoms with van der Waals surface area (Å²) >= 11 is 0. The van der Waals surface area contributed by atoms with Crippen molar-refractivity contribution in [2.45, 2.75) is 20.5 Å². The Bertz CT molecular complexity index is 1190. The van der Waals surface area contributed by atoms with E-state index >= 15 is 0 Å². The number of nitrogens with zero attached hydrogens (tertiary/aromatic N) is 1. The van der Waals surface area contributed by atoms with Crippen LogP contribution in [0.3, 0.4) is 0 Å². The number of rotatable bonds is 6. The third-order valence-corrected chi connectivity index (χ3v) is 5.02. The van der Waals surface area contributed by atoms with Crippen molar-refractivity contribution >= 4 is 17.9 Å². The second-order valence-electron chi connectivity index (χ2n) is 7.33. The first-order valence-electron chi connectivity index (χ1n) is 9.98. The summed E-state index contributed by atoms with van der Waals surface area (Å²) in [6.07, 6.45) is 1.69. The molecule has 0 bridgehead atoms. The minimum Gasteiger partial charge on any atom is -0.493 e. The molecular formula is C26H23NO4. The molecule has 5 nitrogen and oxygen atoms in total. The highest BCUT2D eigenvalue weighted by Gasteiger charge is 2.24. The number of hydrogen-bond donors (Lipinski definition) is 0. The Hall–Kier alpha value is -3.86. The Balaban J connectivity index is 1.59. The summed E-state index contributed by atoms with van der Waals surface area (Å²) in [6, 6.07) is 21.2. The smallest absolute Gasteiger partial charge is 0.363 e. The van der Waals surface area contributed by atoms with Gasteiger partial charge < -0.3 is 14.2 Å². The van der Waals surface area contributed by atoms with Gasteiger partial charge in [-0.3, -0.25) is 0 Å². The minimum atomic E-state index is -0.477. The lowest BCUT2D eigenvalue weighted by molar-refractivity contribution is -0.129. The molecule has 0 saturated carbocycles. The van der Waals surface area contributed by atoms with Gasteiger partial charge in [0.1, 0.15) is 6.61 Å². The van der Waals surface area contributed by atoms with E-state index in [-0.39, 0.29) is 5.70 Å². The monoisotopic (exact) mass is 413 g/mol. The molecule has 0 unspecified atom stereocenters. The van der Waals surface area contributed by atoms with E-state index in [2.05, 4.69) is 4.99 Å². The fourth-order valence-electron chi connectivity index (χ4n) is 3.29. The zero-order valence-corrected chi connectivity index (χ0v) is 17.7. The predicted molar refractivity (Wildman–Crippen MR) is 120 cm³/mol. The van der Waals surface area contributed by atoms with Crippen molar-refractivity contribution in [1.29, 1.82) is 0 Å². The molecule has 3 aromatic rings. The van der Waals surface area contributed by atoms with E-state index in [0.717, 1.165) is 27.8 Å². The van der Waals surface area contributed by atoms with Crippen molar-refractivity contribution in [2.24, 2.45) is 4.99 Å². The van der Waals surface area contributed by atoms with Crippen LogP contribution in [0.15, 0.2) is 77.4 Å². The van der Waals surface area contributed by atoms with Gasteiger partial charge >= 0.3 is 5.97 Å². The predicted octanol–water partition coefficient (Wildman–Crippen LogP) is 5.24. The Morgan fingerprint density at radius 2 is 1.81 bits per heavy atom. The second kappa shape index (κ2) is 8.88. The number of hydrogen-bond acceptors (Lipinski definition) is 5. The van der Waals surface area contributed by atoms with E-state index < -0.39 is 5.97 Å². The maximum atomic E-state index is 12.3. The van der Waals surface area contributed by atoms with Crippen LogP contribution in [0, 0.1) is 13.8 Å². The Morgan fingerprint density at radius 3 is 2.58 bits per heavy atom. The topological polar surface area (TPSA) is 57.1 Å². The summed E-state index contributed by atoms with van der Waals surface area (Å²) in [5.74, 6) is 1.04. The van der Waals surface area contributed by atoms with E-state index in [1.54, 1.807) is 13.2 Å². The molecule has 3 aromatic carbocycles. The number of ether oxygens (including phenoxy) is 3. The molecule has 0 radical (unpaired) electrons. The number of aryl methyl sites for hydroxylation is 2. The van der Waals surface area contributed by atoms with E-state index in [1.807, 2.05) is 80.6 Å². The van der Waals surface area contributed by atoms with Crippen LogP contribution in [0.4, 0.5) is 0 Å². The van der Waals surface area contributed by atoms with Gasteiger partial charge in [-0.2, -0.15) is 0 Å². The van der Waals surface area contributed by atoms with Crippen molar-refractivity contribution in [3.8, 4) is 11.5 Å². The Morgan fingerprint density at radius 1 is 0.968 bits per heavy atom. The molecule has 156 valence electrons. The number of carbonyl (C=O) groups is 1. The third kappa shape index (κ3) is 4.67. The maximum Gasteiger partial charge on any atom is 0.363 e. The highest BCUT2D eigenvalue weighted by Crippen LogP contribution is 2.31. The lowest BCUT2D eigenvalue weighted by Gasteiger charge is -2.12. The van der Waals surface area contributed by atoms with Gasteiger partial charge in [-0.15, -0.1) is 0 Å². The van der Waals surface area contributed by atoms with Crippen LogP contribution in [-0.4, -0.2) is 19.0 Å². The molecule has 0 amide bonds. The largest absolute Gasteiger partial charge is 0.493 e. The van der Waals surface area contributed by atoms with Gasteiger partial charge in [0.05, 0.1) is 7.11 Å². The van der Waals surface area contributed by atoms with Crippen LogP contribution in [0.1, 0.15) is 27.8 Å². The lowest BCUT2D eigenvalue weighted by Crippen LogP contribution is -2.05. The molecular weight excluding hydrogens is 390 g/mol. The molecule has 0 N–H and O–H groups in total. The number of benzene rings is 3. The van der Waals surface area contributed by atoms with Gasteiger partial charge in [0.15, 0.2) is 17.2 Å². The Labute approximate surface area is 181 Å². The molecule has 0 fully saturated rings. The van der Waals surface area contributed by atoms with Gasteiger partial charge in [-0.1, -0.05) is 48.0 Å². The number of cyclic esters (lactones) is 1. The SMILES string of the molecule is COc1ccc(/C=C2\N=C(c3cccc(C)c3)OC2=O)cc1OCc1ccccc1C. The third-order valence-electron chi connectivity index (χ3n) is 5.02. The number of carbonyl (C=O) groups excluding carboxylic acids is 1. The van der Waals surface area contributed by atoms with Gasteiger partial charge in [0, 0.05) is 5.56 Å². The zero-order chi connectivity index (χ0) is 21.8. The van der Waals surface area contributed by atoms with E-state index in [4.69, 9.17) is 14.2 Å². The maximum absolute atomic E-state index is 12.3. The van der Waals surface area contributed by atoms with E-state index in [1.165, 1.54) is 0 Å². The summed E-state index contributed by atoms with van der Waals surface area (Å²) in [6.45, 7) is 4.44. The zero-order valence-electron chi connectivity index (χ0n) is 17.7. The highest BCUT2D eigenvalue weighted by atomic mass is 16.6. The van der Waals surface area contributed by atoms with Gasteiger partial charge in [-0.25, -0.2) is 9.79 Å². The molecule has 0 spiro atoms. The first-order valence-corrected chi connectivity index (χ1v) is 9.98. The molecule has 1 aliphatic rings. The molecule has 1 aliphatic heterocycles. The second-order valence-corrected chi connectivity index (χ2v) is 7.33. The standard InChI is InChI=1S/C26H23NO4/c1-17-7-6-10-20(13-17)25-27-22(26(28)31-25)14-19-11-12-23(29-3)24(15-19)30-16-21-9-5-4-8-18(21)2/h4-15H,16H2,1-3H3/b22-14-. The first-order chi connectivity index (χ1) is 15.0. The number of aliphatic imine (C=N–C) groups is 1. The van der Waals surface area contributed by atoms with E-state index in [9.17, 15) is 4.79 Å². The molecule has 31 heavy (non-hydrogen) atoms. The molecule has 0 aromatic heterocycles. The minimum absolute atomic E-state index is 0.242. The average molecular weight is 413 g/mol. The summed E-state index contributed by atoms with van der Waals surface area (Å²) < 4.78 is 16.8. The van der Waals surface area contributed by atoms with Gasteiger partial charge in [-0.05, 0) is 60.9 Å². The van der Waals surface area contributed by atoms with Crippen molar-refractivity contribution < 1.29 is 19.0 Å². The van der Waals surface area contributed by atoms with Crippen molar-refractivity contribution in [1.82, 2.24) is 0 Å². The van der Waals surface area contributed by atoms with Gasteiger partial charge in [0.2, 0.25) is 5.90 Å².